The molecule has 0 spiro atoms. The van der Waals surface area contributed by atoms with Gasteiger partial charge in [-0.25, -0.2) is 9.59 Å². The first kappa shape index (κ1) is 19.5. The second-order valence-corrected chi connectivity index (χ2v) is 7.30. The largest absolute Gasteiger partial charge is 0.468 e. The van der Waals surface area contributed by atoms with Gasteiger partial charge in [0.2, 0.25) is 5.88 Å². The quantitative estimate of drug-likeness (QED) is 0.631. The minimum absolute atomic E-state index is 0.0259. The van der Waals surface area contributed by atoms with Crippen LogP contribution < -0.4 is 15.7 Å². The molecule has 0 radical (unpaired) electrons. The molecular formula is C20H21NO7. The van der Waals surface area contributed by atoms with Crippen molar-refractivity contribution in [1.82, 2.24) is 5.32 Å². The van der Waals surface area contributed by atoms with E-state index < -0.39 is 29.0 Å². The van der Waals surface area contributed by atoms with Gasteiger partial charge in [0, 0.05) is 5.54 Å². The Bertz CT molecular complexity index is 1040. The molecule has 0 bridgehead atoms. The van der Waals surface area contributed by atoms with Gasteiger partial charge in [0.15, 0.2) is 5.75 Å². The molecule has 1 aromatic heterocycles. The zero-order valence-corrected chi connectivity index (χ0v) is 16.2. The third-order valence-electron chi connectivity index (χ3n) is 4.16. The minimum atomic E-state index is -1.35. The Balaban J connectivity index is 2.38. The summed E-state index contributed by atoms with van der Waals surface area (Å²) in [6.07, 6.45) is 0. The summed E-state index contributed by atoms with van der Waals surface area (Å²) in [4.78, 5) is 37.9. The molecule has 0 saturated heterocycles. The molecule has 1 aromatic carbocycles. The van der Waals surface area contributed by atoms with Gasteiger partial charge in [-0.2, -0.15) is 0 Å². The minimum Gasteiger partial charge on any atom is -0.468 e. The van der Waals surface area contributed by atoms with Gasteiger partial charge in [0.25, 0.3) is 0 Å². The fourth-order valence-corrected chi connectivity index (χ4v) is 3.03. The lowest BCUT2D eigenvalue weighted by molar-refractivity contribution is -0.145. The number of methoxy groups -OCH3 is 2. The summed E-state index contributed by atoms with van der Waals surface area (Å²) in [7, 11) is 2.35. The van der Waals surface area contributed by atoms with Crippen LogP contribution in [-0.4, -0.2) is 31.7 Å². The van der Waals surface area contributed by atoms with E-state index in [2.05, 4.69) is 5.32 Å². The van der Waals surface area contributed by atoms with Crippen molar-refractivity contribution in [3.8, 4) is 5.75 Å². The molecule has 0 fully saturated rings. The fraction of sp³-hybridized carbons (Fsp3) is 0.350. The van der Waals surface area contributed by atoms with Gasteiger partial charge in [0.1, 0.15) is 22.6 Å². The summed E-state index contributed by atoms with van der Waals surface area (Å²) in [6.45, 7) is 5.58. The summed E-state index contributed by atoms with van der Waals surface area (Å²) in [6, 6.07) is 6.77. The Morgan fingerprint density at radius 1 is 1.11 bits per heavy atom. The number of hydrogen-bond donors (Lipinski definition) is 1. The van der Waals surface area contributed by atoms with E-state index in [-0.39, 0.29) is 22.8 Å². The van der Waals surface area contributed by atoms with E-state index in [1.54, 1.807) is 24.3 Å². The van der Waals surface area contributed by atoms with E-state index in [0.717, 1.165) is 0 Å². The second-order valence-electron chi connectivity index (χ2n) is 7.30. The molecule has 1 aliphatic rings. The van der Waals surface area contributed by atoms with Crippen LogP contribution in [0.25, 0.3) is 11.0 Å². The van der Waals surface area contributed by atoms with Crippen LogP contribution in [0.1, 0.15) is 32.3 Å². The number of fused-ring (bicyclic) bond motifs is 3. The highest BCUT2D eigenvalue weighted by Crippen LogP contribution is 2.42. The van der Waals surface area contributed by atoms with Crippen LogP contribution in [0.2, 0.25) is 0 Å². The van der Waals surface area contributed by atoms with Crippen LogP contribution in [0.15, 0.2) is 44.9 Å². The number of benzene rings is 1. The number of ether oxygens (including phenoxy) is 3. The van der Waals surface area contributed by atoms with Gasteiger partial charge in [0.05, 0.1) is 19.6 Å². The molecule has 1 atom stereocenters. The Hall–Kier alpha value is -3.29. The number of carbonyl (C=O) groups is 2. The van der Waals surface area contributed by atoms with Crippen LogP contribution in [0.3, 0.4) is 0 Å². The van der Waals surface area contributed by atoms with Gasteiger partial charge in [-0.3, -0.25) is 4.79 Å². The van der Waals surface area contributed by atoms with Crippen LogP contribution in [0, 0.1) is 0 Å². The molecule has 2 heterocycles. The van der Waals surface area contributed by atoms with Crippen molar-refractivity contribution in [3.63, 3.8) is 0 Å². The second kappa shape index (κ2) is 7.03. The van der Waals surface area contributed by atoms with E-state index >= 15 is 0 Å². The van der Waals surface area contributed by atoms with Gasteiger partial charge in [-0.1, -0.05) is 12.1 Å². The highest BCUT2D eigenvalue weighted by molar-refractivity contribution is 6.01. The SMILES string of the molecule is COC(=O)C1=C(NC(C)(C)C)Oc2c(c(=O)oc3ccccc23)[C@@H]1C(=O)OC. The first-order chi connectivity index (χ1) is 13.2. The third kappa shape index (κ3) is 3.33. The molecule has 2 aromatic rings. The molecule has 28 heavy (non-hydrogen) atoms. The summed E-state index contributed by atoms with van der Waals surface area (Å²) < 4.78 is 21.0. The van der Waals surface area contributed by atoms with Gasteiger partial charge < -0.3 is 23.9 Å². The van der Waals surface area contributed by atoms with E-state index in [4.69, 9.17) is 18.6 Å². The number of hydrogen-bond acceptors (Lipinski definition) is 8. The number of para-hydroxylation sites is 1. The van der Waals surface area contributed by atoms with Crippen molar-refractivity contribution in [2.75, 3.05) is 14.2 Å². The van der Waals surface area contributed by atoms with Crippen LogP contribution >= 0.6 is 0 Å². The first-order valence-corrected chi connectivity index (χ1v) is 8.60. The Morgan fingerprint density at radius 2 is 1.79 bits per heavy atom. The maximum absolute atomic E-state index is 12.7. The van der Waals surface area contributed by atoms with Crippen molar-refractivity contribution in [3.05, 3.63) is 51.7 Å². The summed E-state index contributed by atoms with van der Waals surface area (Å²) in [5.41, 5.74) is -1.27. The normalized spacial score (nSPS) is 16.2. The molecule has 148 valence electrons. The van der Waals surface area contributed by atoms with Crippen LogP contribution in [-0.2, 0) is 19.1 Å². The lowest BCUT2D eigenvalue weighted by Crippen LogP contribution is -2.42. The van der Waals surface area contributed by atoms with Gasteiger partial charge >= 0.3 is 17.6 Å². The zero-order chi connectivity index (χ0) is 20.6. The molecule has 8 heteroatoms. The zero-order valence-electron chi connectivity index (χ0n) is 16.2. The molecule has 0 amide bonds. The summed E-state index contributed by atoms with van der Waals surface area (Å²) in [5, 5.41) is 3.56. The van der Waals surface area contributed by atoms with Gasteiger partial charge in [-0.05, 0) is 32.9 Å². The topological polar surface area (TPSA) is 104 Å². The van der Waals surface area contributed by atoms with Crippen molar-refractivity contribution in [2.24, 2.45) is 0 Å². The molecular weight excluding hydrogens is 366 g/mol. The van der Waals surface area contributed by atoms with Crippen LogP contribution in [0.4, 0.5) is 0 Å². The maximum Gasteiger partial charge on any atom is 0.344 e. The van der Waals surface area contributed by atoms with Crippen molar-refractivity contribution < 1.29 is 28.2 Å². The highest BCUT2D eigenvalue weighted by Gasteiger charge is 2.44. The lowest BCUT2D eigenvalue weighted by Gasteiger charge is -2.31. The smallest absolute Gasteiger partial charge is 0.344 e. The average Bonchev–Trinajstić information content (AvgIpc) is 2.64. The molecule has 0 aliphatic carbocycles. The molecule has 0 saturated carbocycles. The summed E-state index contributed by atoms with van der Waals surface area (Å²) in [5.74, 6) is -2.81. The number of esters is 2. The molecule has 3 rings (SSSR count). The third-order valence-corrected chi connectivity index (χ3v) is 4.16. The first-order valence-electron chi connectivity index (χ1n) is 8.60. The Morgan fingerprint density at radius 3 is 2.39 bits per heavy atom. The molecule has 1 N–H and O–H groups in total. The van der Waals surface area contributed by atoms with E-state index in [0.29, 0.717) is 11.0 Å². The predicted molar refractivity (Wildman–Crippen MR) is 99.8 cm³/mol. The maximum atomic E-state index is 12.7. The molecule has 8 nitrogen and oxygen atoms in total. The van der Waals surface area contributed by atoms with Crippen molar-refractivity contribution in [2.45, 2.75) is 32.2 Å². The van der Waals surface area contributed by atoms with E-state index in [1.165, 1.54) is 14.2 Å². The number of nitrogens with one attached hydrogen (secondary N) is 1. The Kier molecular flexibility index (Phi) is 4.89. The monoisotopic (exact) mass is 387 g/mol. The average molecular weight is 387 g/mol. The van der Waals surface area contributed by atoms with Crippen molar-refractivity contribution in [1.29, 1.82) is 0 Å². The predicted octanol–water partition coefficient (Wildman–Crippen LogP) is 2.21. The van der Waals surface area contributed by atoms with E-state index in [9.17, 15) is 14.4 Å². The lowest BCUT2D eigenvalue weighted by atomic mass is 9.88. The standard InChI is InChI=1S/C20H21NO7/c1-20(2,3)21-16-14(18(23)26-5)12(17(22)25-4)13-15(28-16)10-8-6-7-9-11(10)27-19(13)24/h6-9,12,21H,1-5H3/t12-/m0/s1. The Labute approximate surface area is 161 Å². The molecule has 1 aliphatic heterocycles. The molecule has 0 unspecified atom stereocenters. The highest BCUT2D eigenvalue weighted by atomic mass is 16.5. The van der Waals surface area contributed by atoms with Crippen molar-refractivity contribution >= 4 is 22.9 Å². The van der Waals surface area contributed by atoms with Gasteiger partial charge in [-0.15, -0.1) is 0 Å². The summed E-state index contributed by atoms with van der Waals surface area (Å²) >= 11 is 0. The number of carbonyl (C=O) groups excluding carboxylic acids is 2. The fourth-order valence-electron chi connectivity index (χ4n) is 3.03. The number of rotatable bonds is 3. The van der Waals surface area contributed by atoms with E-state index in [1.807, 2.05) is 20.8 Å². The van der Waals surface area contributed by atoms with Crippen LogP contribution in [0.5, 0.6) is 5.75 Å².